The van der Waals surface area contributed by atoms with Gasteiger partial charge >= 0.3 is 0 Å². The average Bonchev–Trinajstić information content (AvgIpc) is 2.97. The molecule has 2 aromatic carbocycles. The van der Waals surface area contributed by atoms with Gasteiger partial charge in [0.2, 0.25) is 0 Å². The predicted octanol–water partition coefficient (Wildman–Crippen LogP) is 4.30. The third kappa shape index (κ3) is 2.89. The number of nitrogens with zero attached hydrogens (tertiary/aromatic N) is 1. The zero-order valence-electron chi connectivity index (χ0n) is 13.1. The highest BCUT2D eigenvalue weighted by atomic mass is 19.1. The number of aromatic nitrogens is 1. The van der Waals surface area contributed by atoms with E-state index in [9.17, 15) is 4.39 Å². The van der Waals surface area contributed by atoms with Gasteiger partial charge in [0.25, 0.3) is 0 Å². The van der Waals surface area contributed by atoms with Crippen LogP contribution in [0.5, 0.6) is 0 Å². The Labute approximate surface area is 135 Å². The summed E-state index contributed by atoms with van der Waals surface area (Å²) in [6, 6.07) is 15.4. The van der Waals surface area contributed by atoms with Crippen LogP contribution in [0, 0.1) is 5.82 Å². The van der Waals surface area contributed by atoms with Gasteiger partial charge in [-0.1, -0.05) is 30.3 Å². The Morgan fingerprint density at radius 1 is 1.09 bits per heavy atom. The van der Waals surface area contributed by atoms with Gasteiger partial charge in [-0.15, -0.1) is 0 Å². The van der Waals surface area contributed by atoms with Crippen LogP contribution < -0.4 is 5.32 Å². The molecule has 2 heterocycles. The lowest BCUT2D eigenvalue weighted by molar-refractivity contribution is 0.463. The molecule has 2 nitrogen and oxygen atoms in total. The summed E-state index contributed by atoms with van der Waals surface area (Å²) in [5, 5.41) is 4.86. The number of rotatable bonds is 3. The number of hydrogen-bond donors (Lipinski definition) is 1. The lowest BCUT2D eigenvalue weighted by Gasteiger charge is -2.22. The van der Waals surface area contributed by atoms with E-state index in [0.29, 0.717) is 5.92 Å². The summed E-state index contributed by atoms with van der Waals surface area (Å²) < 4.78 is 15.4. The molecule has 3 aromatic rings. The van der Waals surface area contributed by atoms with E-state index in [1.54, 1.807) is 0 Å². The lowest BCUT2D eigenvalue weighted by atomic mass is 9.91. The predicted molar refractivity (Wildman–Crippen MR) is 92.3 cm³/mol. The molecule has 1 atom stereocenters. The van der Waals surface area contributed by atoms with Gasteiger partial charge in [0.05, 0.1) is 0 Å². The first-order valence-corrected chi connectivity index (χ1v) is 8.34. The van der Waals surface area contributed by atoms with Crippen molar-refractivity contribution in [1.82, 2.24) is 9.88 Å². The van der Waals surface area contributed by atoms with Crippen molar-refractivity contribution in [2.75, 3.05) is 13.1 Å². The van der Waals surface area contributed by atoms with Crippen LogP contribution in [0.15, 0.2) is 54.7 Å². The van der Waals surface area contributed by atoms with Gasteiger partial charge in [0.15, 0.2) is 0 Å². The molecule has 118 valence electrons. The summed E-state index contributed by atoms with van der Waals surface area (Å²) in [5.41, 5.74) is 3.83. The minimum Gasteiger partial charge on any atom is -0.343 e. The smallest absolute Gasteiger partial charge is 0.123 e. The number of fused-ring (bicyclic) bond motifs is 1. The van der Waals surface area contributed by atoms with E-state index >= 15 is 0 Å². The number of nitrogens with one attached hydrogen (secondary N) is 1. The molecule has 0 saturated carbocycles. The molecule has 0 radical (unpaired) electrons. The van der Waals surface area contributed by atoms with Crippen molar-refractivity contribution in [1.29, 1.82) is 0 Å². The SMILES string of the molecule is Fc1ccc(Cn2cc(C3CCCNC3)c3ccccc32)cc1. The number of halogens is 1. The Kier molecular flexibility index (Phi) is 3.88. The Morgan fingerprint density at radius 2 is 1.91 bits per heavy atom. The van der Waals surface area contributed by atoms with E-state index in [1.165, 1.54) is 41.4 Å². The number of para-hydroxylation sites is 1. The summed E-state index contributed by atoms with van der Waals surface area (Å²) >= 11 is 0. The molecular weight excluding hydrogens is 287 g/mol. The number of hydrogen-bond acceptors (Lipinski definition) is 1. The summed E-state index contributed by atoms with van der Waals surface area (Å²) in [7, 11) is 0. The fraction of sp³-hybridized carbons (Fsp3) is 0.300. The van der Waals surface area contributed by atoms with Crippen molar-refractivity contribution < 1.29 is 4.39 Å². The van der Waals surface area contributed by atoms with Gasteiger partial charge in [-0.05, 0) is 54.6 Å². The molecule has 1 unspecified atom stereocenters. The van der Waals surface area contributed by atoms with Gasteiger partial charge in [-0.2, -0.15) is 0 Å². The van der Waals surface area contributed by atoms with Crippen LogP contribution in [-0.2, 0) is 6.54 Å². The molecule has 1 fully saturated rings. The molecule has 1 aliphatic rings. The van der Waals surface area contributed by atoms with Gasteiger partial charge in [0, 0.05) is 30.2 Å². The Bertz CT molecular complexity index is 798. The largest absolute Gasteiger partial charge is 0.343 e. The molecule has 1 N–H and O–H groups in total. The molecule has 1 saturated heterocycles. The summed E-state index contributed by atoms with van der Waals surface area (Å²) in [6.07, 6.45) is 4.78. The third-order valence-electron chi connectivity index (χ3n) is 4.82. The highest BCUT2D eigenvalue weighted by Crippen LogP contribution is 2.32. The molecule has 4 rings (SSSR count). The molecule has 0 bridgehead atoms. The standard InChI is InChI=1S/C20H21FN2/c21-17-9-7-15(8-10-17)13-23-14-19(16-4-3-11-22-12-16)18-5-1-2-6-20(18)23/h1-2,5-10,14,16,22H,3-4,11-13H2. The van der Waals surface area contributed by atoms with Crippen LogP contribution in [-0.4, -0.2) is 17.7 Å². The molecular formula is C20H21FN2. The second kappa shape index (κ2) is 6.17. The quantitative estimate of drug-likeness (QED) is 0.763. The summed E-state index contributed by atoms with van der Waals surface area (Å²) in [5.74, 6) is 0.406. The van der Waals surface area contributed by atoms with Crippen LogP contribution in [0.25, 0.3) is 10.9 Å². The molecule has 3 heteroatoms. The fourth-order valence-electron chi connectivity index (χ4n) is 3.64. The van der Waals surface area contributed by atoms with Crippen molar-refractivity contribution in [3.8, 4) is 0 Å². The maximum absolute atomic E-state index is 13.1. The fourth-order valence-corrected chi connectivity index (χ4v) is 3.64. The third-order valence-corrected chi connectivity index (χ3v) is 4.82. The van der Waals surface area contributed by atoms with Gasteiger partial charge in [-0.3, -0.25) is 0 Å². The Balaban J connectivity index is 1.73. The van der Waals surface area contributed by atoms with Gasteiger partial charge in [0.1, 0.15) is 5.82 Å². The van der Waals surface area contributed by atoms with Crippen LogP contribution >= 0.6 is 0 Å². The zero-order valence-corrected chi connectivity index (χ0v) is 13.1. The maximum Gasteiger partial charge on any atom is 0.123 e. The van der Waals surface area contributed by atoms with E-state index in [0.717, 1.165) is 25.2 Å². The van der Waals surface area contributed by atoms with Crippen LogP contribution in [0.3, 0.4) is 0 Å². The summed E-state index contributed by atoms with van der Waals surface area (Å²) in [6.45, 7) is 2.97. The van der Waals surface area contributed by atoms with E-state index in [1.807, 2.05) is 12.1 Å². The van der Waals surface area contributed by atoms with E-state index in [-0.39, 0.29) is 5.82 Å². The normalized spacial score (nSPS) is 18.4. The highest BCUT2D eigenvalue weighted by molar-refractivity contribution is 5.84. The van der Waals surface area contributed by atoms with Crippen molar-refractivity contribution >= 4 is 10.9 Å². The average molecular weight is 308 g/mol. The molecule has 0 aliphatic carbocycles. The molecule has 0 spiro atoms. The first-order valence-electron chi connectivity index (χ1n) is 8.34. The van der Waals surface area contributed by atoms with E-state index in [2.05, 4.69) is 40.3 Å². The van der Waals surface area contributed by atoms with Crippen LogP contribution in [0.1, 0.15) is 29.9 Å². The minimum absolute atomic E-state index is 0.180. The van der Waals surface area contributed by atoms with Crippen LogP contribution in [0.4, 0.5) is 4.39 Å². The minimum atomic E-state index is -0.180. The Hall–Kier alpha value is -2.13. The number of piperidine rings is 1. The van der Waals surface area contributed by atoms with Crippen LogP contribution in [0.2, 0.25) is 0 Å². The van der Waals surface area contributed by atoms with Crippen molar-refractivity contribution in [3.05, 3.63) is 71.7 Å². The maximum atomic E-state index is 13.1. The molecule has 1 aliphatic heterocycles. The van der Waals surface area contributed by atoms with Crippen molar-refractivity contribution in [2.24, 2.45) is 0 Å². The highest BCUT2D eigenvalue weighted by Gasteiger charge is 2.19. The second-order valence-corrected chi connectivity index (χ2v) is 6.40. The van der Waals surface area contributed by atoms with Crippen molar-refractivity contribution in [2.45, 2.75) is 25.3 Å². The second-order valence-electron chi connectivity index (χ2n) is 6.40. The topological polar surface area (TPSA) is 17.0 Å². The summed E-state index contributed by atoms with van der Waals surface area (Å²) in [4.78, 5) is 0. The zero-order chi connectivity index (χ0) is 15.6. The first-order chi connectivity index (χ1) is 11.3. The molecule has 0 amide bonds. The monoisotopic (exact) mass is 308 g/mol. The first kappa shape index (κ1) is 14.5. The lowest BCUT2D eigenvalue weighted by Crippen LogP contribution is -2.28. The van der Waals surface area contributed by atoms with Gasteiger partial charge in [-0.25, -0.2) is 4.39 Å². The van der Waals surface area contributed by atoms with E-state index < -0.39 is 0 Å². The van der Waals surface area contributed by atoms with Gasteiger partial charge < -0.3 is 9.88 Å². The molecule has 23 heavy (non-hydrogen) atoms. The van der Waals surface area contributed by atoms with E-state index in [4.69, 9.17) is 0 Å². The number of benzene rings is 2. The van der Waals surface area contributed by atoms with Crippen molar-refractivity contribution in [3.63, 3.8) is 0 Å². The Morgan fingerprint density at radius 3 is 2.70 bits per heavy atom. The molecule has 1 aromatic heterocycles.